The zero-order chi connectivity index (χ0) is 10.4. The summed E-state index contributed by atoms with van der Waals surface area (Å²) in [5.41, 5.74) is 0. The van der Waals surface area contributed by atoms with Gasteiger partial charge in [-0.1, -0.05) is 26.2 Å². The van der Waals surface area contributed by atoms with Crippen molar-refractivity contribution in [1.82, 2.24) is 10.2 Å². The first-order valence-electron chi connectivity index (χ1n) is 5.75. The summed E-state index contributed by atoms with van der Waals surface area (Å²) < 4.78 is 0. The van der Waals surface area contributed by atoms with E-state index in [2.05, 4.69) is 30.0 Å². The maximum atomic E-state index is 5.55. The van der Waals surface area contributed by atoms with Crippen molar-refractivity contribution in [3.63, 3.8) is 0 Å². The van der Waals surface area contributed by atoms with Crippen molar-refractivity contribution >= 4 is 0 Å². The Morgan fingerprint density at radius 3 is 2.93 bits per heavy atom. The topological polar surface area (TPSA) is 15.3 Å². The molecule has 0 spiro atoms. The Morgan fingerprint density at radius 1 is 1.57 bits per heavy atom. The van der Waals surface area contributed by atoms with Crippen LogP contribution in [-0.4, -0.2) is 36.6 Å². The van der Waals surface area contributed by atoms with Crippen molar-refractivity contribution in [2.45, 2.75) is 45.2 Å². The van der Waals surface area contributed by atoms with Crippen LogP contribution >= 0.6 is 0 Å². The van der Waals surface area contributed by atoms with Gasteiger partial charge in [-0.25, -0.2) is 0 Å². The lowest BCUT2D eigenvalue weighted by atomic mass is 10.1. The molecule has 80 valence electrons. The summed E-state index contributed by atoms with van der Waals surface area (Å²) in [4.78, 5) is 2.44. The van der Waals surface area contributed by atoms with Gasteiger partial charge in [0.1, 0.15) is 0 Å². The van der Waals surface area contributed by atoms with E-state index in [0.717, 1.165) is 26.1 Å². The molecule has 2 nitrogen and oxygen atoms in total. The first kappa shape index (κ1) is 11.6. The molecular formula is C12H22N2. The predicted molar refractivity (Wildman–Crippen MR) is 61.2 cm³/mol. The van der Waals surface area contributed by atoms with E-state index in [-0.39, 0.29) is 0 Å². The molecule has 1 aliphatic heterocycles. The first-order valence-corrected chi connectivity index (χ1v) is 5.75. The monoisotopic (exact) mass is 194 g/mol. The third kappa shape index (κ3) is 3.01. The average Bonchev–Trinajstić information content (AvgIpc) is 2.63. The lowest BCUT2D eigenvalue weighted by molar-refractivity contribution is 0.271. The molecule has 0 aliphatic carbocycles. The van der Waals surface area contributed by atoms with Crippen molar-refractivity contribution < 1.29 is 0 Å². The largest absolute Gasteiger partial charge is 0.313 e. The lowest BCUT2D eigenvalue weighted by Crippen LogP contribution is -2.36. The van der Waals surface area contributed by atoms with Gasteiger partial charge in [0.15, 0.2) is 0 Å². The van der Waals surface area contributed by atoms with Crippen LogP contribution in [0, 0.1) is 12.3 Å². The highest BCUT2D eigenvalue weighted by molar-refractivity contribution is 5.02. The second kappa shape index (κ2) is 6.06. The number of likely N-dealkylation sites (N-methyl/N-ethyl adjacent to an activating group) is 1. The zero-order valence-electron chi connectivity index (χ0n) is 9.42. The normalized spacial score (nSPS) is 24.8. The summed E-state index contributed by atoms with van der Waals surface area (Å²) in [6, 6.07) is 1.02. The molecule has 1 rings (SSSR count). The quantitative estimate of drug-likeness (QED) is 0.667. The Hall–Kier alpha value is -0.520. The van der Waals surface area contributed by atoms with Crippen molar-refractivity contribution in [1.29, 1.82) is 0 Å². The van der Waals surface area contributed by atoms with E-state index in [1.807, 2.05) is 0 Å². The summed E-state index contributed by atoms with van der Waals surface area (Å²) in [5.74, 6) is 2.91. The van der Waals surface area contributed by atoms with E-state index in [9.17, 15) is 0 Å². The number of rotatable bonds is 5. The number of terminal acetylenes is 1. The van der Waals surface area contributed by atoms with E-state index in [1.54, 1.807) is 0 Å². The summed E-state index contributed by atoms with van der Waals surface area (Å²) in [7, 11) is 0. The molecule has 2 unspecified atom stereocenters. The average molecular weight is 194 g/mol. The Morgan fingerprint density at radius 2 is 2.36 bits per heavy atom. The van der Waals surface area contributed by atoms with Crippen LogP contribution in [0.1, 0.15) is 33.1 Å². The Labute approximate surface area is 88.1 Å². The zero-order valence-corrected chi connectivity index (χ0v) is 9.42. The molecule has 1 heterocycles. The fourth-order valence-electron chi connectivity index (χ4n) is 2.17. The molecule has 0 aromatic heterocycles. The fraction of sp³-hybridized carbons (Fsp3) is 0.833. The standard InChI is InChI=1S/C12H22N2/c1-4-7-12(5-2)14-9-8-11(10-14)13-6-3/h2,11-13H,4,6-10H2,1,3H3. The molecule has 0 aromatic carbocycles. The number of hydrogen-bond donors (Lipinski definition) is 1. The highest BCUT2D eigenvalue weighted by Crippen LogP contribution is 2.15. The number of hydrogen-bond acceptors (Lipinski definition) is 2. The second-order valence-electron chi connectivity index (χ2n) is 4.01. The SMILES string of the molecule is C#CC(CCC)N1CCC(NCC)C1. The van der Waals surface area contributed by atoms with E-state index < -0.39 is 0 Å². The van der Waals surface area contributed by atoms with Crippen molar-refractivity contribution in [3.8, 4) is 12.3 Å². The summed E-state index contributed by atoms with van der Waals surface area (Å²) in [6.45, 7) is 7.71. The summed E-state index contributed by atoms with van der Waals surface area (Å²) >= 11 is 0. The third-order valence-corrected chi connectivity index (χ3v) is 2.91. The van der Waals surface area contributed by atoms with Gasteiger partial charge in [0.25, 0.3) is 0 Å². The minimum Gasteiger partial charge on any atom is -0.313 e. The predicted octanol–water partition coefficient (Wildman–Crippen LogP) is 1.47. The molecule has 0 bridgehead atoms. The van der Waals surface area contributed by atoms with Crippen LogP contribution < -0.4 is 5.32 Å². The minimum atomic E-state index is 0.364. The molecule has 1 fully saturated rings. The fourth-order valence-corrected chi connectivity index (χ4v) is 2.17. The van der Waals surface area contributed by atoms with Gasteiger partial charge in [0, 0.05) is 19.1 Å². The molecule has 1 saturated heterocycles. The molecule has 1 N–H and O–H groups in total. The van der Waals surface area contributed by atoms with Gasteiger partial charge in [-0.3, -0.25) is 4.90 Å². The molecule has 0 radical (unpaired) electrons. The minimum absolute atomic E-state index is 0.364. The Kier molecular flexibility index (Phi) is 5.00. The summed E-state index contributed by atoms with van der Waals surface area (Å²) in [5, 5.41) is 3.49. The van der Waals surface area contributed by atoms with Crippen molar-refractivity contribution in [2.75, 3.05) is 19.6 Å². The van der Waals surface area contributed by atoms with E-state index in [1.165, 1.54) is 12.8 Å². The molecule has 0 amide bonds. The van der Waals surface area contributed by atoms with Crippen LogP contribution in [0.5, 0.6) is 0 Å². The Balaban J connectivity index is 2.36. The number of likely N-dealkylation sites (tertiary alicyclic amines) is 1. The maximum absolute atomic E-state index is 5.55. The van der Waals surface area contributed by atoms with E-state index in [0.29, 0.717) is 12.1 Å². The number of nitrogens with one attached hydrogen (secondary N) is 1. The van der Waals surface area contributed by atoms with Gasteiger partial charge in [-0.05, 0) is 19.4 Å². The van der Waals surface area contributed by atoms with Crippen molar-refractivity contribution in [3.05, 3.63) is 0 Å². The van der Waals surface area contributed by atoms with Crippen LogP contribution in [0.2, 0.25) is 0 Å². The van der Waals surface area contributed by atoms with Gasteiger partial charge in [0.05, 0.1) is 6.04 Å². The molecule has 0 aromatic rings. The van der Waals surface area contributed by atoms with Crippen molar-refractivity contribution in [2.24, 2.45) is 0 Å². The smallest absolute Gasteiger partial charge is 0.0712 e. The van der Waals surface area contributed by atoms with Crippen LogP contribution in [0.3, 0.4) is 0 Å². The van der Waals surface area contributed by atoms with Gasteiger partial charge in [0.2, 0.25) is 0 Å². The molecule has 1 aliphatic rings. The first-order chi connectivity index (χ1) is 6.81. The molecule has 14 heavy (non-hydrogen) atoms. The molecule has 0 saturated carbocycles. The molecule has 2 atom stereocenters. The highest BCUT2D eigenvalue weighted by atomic mass is 15.2. The van der Waals surface area contributed by atoms with E-state index in [4.69, 9.17) is 6.42 Å². The number of nitrogens with zero attached hydrogens (tertiary/aromatic N) is 1. The van der Waals surface area contributed by atoms with Gasteiger partial charge in [-0.15, -0.1) is 6.42 Å². The van der Waals surface area contributed by atoms with Crippen LogP contribution in [-0.2, 0) is 0 Å². The highest BCUT2D eigenvalue weighted by Gasteiger charge is 2.25. The molecular weight excluding hydrogens is 172 g/mol. The molecule has 2 heteroatoms. The lowest BCUT2D eigenvalue weighted by Gasteiger charge is -2.22. The summed E-state index contributed by atoms with van der Waals surface area (Å²) in [6.07, 6.45) is 9.10. The van der Waals surface area contributed by atoms with Gasteiger partial charge >= 0.3 is 0 Å². The van der Waals surface area contributed by atoms with E-state index >= 15 is 0 Å². The maximum Gasteiger partial charge on any atom is 0.0712 e. The third-order valence-electron chi connectivity index (χ3n) is 2.91. The van der Waals surface area contributed by atoms with Crippen LogP contribution in [0.25, 0.3) is 0 Å². The van der Waals surface area contributed by atoms with Gasteiger partial charge in [-0.2, -0.15) is 0 Å². The van der Waals surface area contributed by atoms with Crippen LogP contribution in [0.4, 0.5) is 0 Å². The van der Waals surface area contributed by atoms with Crippen LogP contribution in [0.15, 0.2) is 0 Å². The second-order valence-corrected chi connectivity index (χ2v) is 4.01. The van der Waals surface area contributed by atoms with Gasteiger partial charge < -0.3 is 5.32 Å². The Bertz CT molecular complexity index is 195.